The fraction of sp³-hybridized carbons (Fsp3) is 0.0667. The summed E-state index contributed by atoms with van der Waals surface area (Å²) in [5, 5.41) is 16.8. The lowest BCUT2D eigenvalue weighted by molar-refractivity contribution is 0.0947. The molecule has 0 saturated heterocycles. The van der Waals surface area contributed by atoms with Crippen LogP contribution in [0.5, 0.6) is 0 Å². The number of hydrogen-bond donors (Lipinski definition) is 1. The average Bonchev–Trinajstić information content (AvgIpc) is 3.10. The maximum Gasteiger partial charge on any atom is 0.283 e. The minimum absolute atomic E-state index is 0.0218. The van der Waals surface area contributed by atoms with Gasteiger partial charge >= 0.3 is 0 Å². The summed E-state index contributed by atoms with van der Waals surface area (Å²) >= 11 is 0. The van der Waals surface area contributed by atoms with Gasteiger partial charge < -0.3 is 5.73 Å². The molecule has 0 fully saturated rings. The third-order valence-corrected chi connectivity index (χ3v) is 3.43. The number of halogens is 1. The van der Waals surface area contributed by atoms with Crippen molar-refractivity contribution in [1.29, 1.82) is 5.26 Å². The molecule has 3 rings (SSSR count). The van der Waals surface area contributed by atoms with Crippen molar-refractivity contribution in [2.24, 2.45) is 0 Å². The molecule has 0 amide bonds. The fourth-order valence-electron chi connectivity index (χ4n) is 2.18. The van der Waals surface area contributed by atoms with Crippen LogP contribution >= 0.6 is 0 Å². The standard InChI is InChI=1S/C15H11FN6O/c1-9-13(15(23)22-14(18)10(6-17)7-19-22)8-20-21(9)12-4-2-11(16)3-5-12/h2-5,7-8H,18H2,1H3. The summed E-state index contributed by atoms with van der Waals surface area (Å²) in [7, 11) is 0. The molecular weight excluding hydrogens is 299 g/mol. The quantitative estimate of drug-likeness (QED) is 0.775. The van der Waals surface area contributed by atoms with Crippen molar-refractivity contribution in [2.75, 3.05) is 5.73 Å². The molecule has 3 aromatic rings. The van der Waals surface area contributed by atoms with E-state index in [0.717, 1.165) is 4.68 Å². The van der Waals surface area contributed by atoms with E-state index >= 15 is 0 Å². The molecular formula is C15H11FN6O. The Hall–Kier alpha value is -3.47. The first kappa shape index (κ1) is 14.5. The molecule has 1 aromatic carbocycles. The van der Waals surface area contributed by atoms with Crippen LogP contribution in [0.15, 0.2) is 36.7 Å². The zero-order valence-corrected chi connectivity index (χ0v) is 12.1. The summed E-state index contributed by atoms with van der Waals surface area (Å²) in [4.78, 5) is 12.5. The monoisotopic (exact) mass is 310 g/mol. The Morgan fingerprint density at radius 2 is 1.96 bits per heavy atom. The highest BCUT2D eigenvalue weighted by atomic mass is 19.1. The molecule has 0 radical (unpaired) electrons. The number of aromatic nitrogens is 4. The Labute approximate surface area is 130 Å². The minimum atomic E-state index is -0.491. The highest BCUT2D eigenvalue weighted by molar-refractivity contribution is 5.98. The lowest BCUT2D eigenvalue weighted by atomic mass is 10.2. The van der Waals surface area contributed by atoms with E-state index in [1.807, 2.05) is 6.07 Å². The van der Waals surface area contributed by atoms with E-state index in [1.54, 1.807) is 19.1 Å². The van der Waals surface area contributed by atoms with Crippen molar-refractivity contribution in [3.05, 3.63) is 59.3 Å². The summed E-state index contributed by atoms with van der Waals surface area (Å²) in [5.74, 6) is -0.871. The number of benzene rings is 1. The van der Waals surface area contributed by atoms with Crippen LogP contribution in [0.3, 0.4) is 0 Å². The van der Waals surface area contributed by atoms with Gasteiger partial charge in [-0.2, -0.15) is 20.1 Å². The summed E-state index contributed by atoms with van der Waals surface area (Å²) in [6, 6.07) is 7.58. The average molecular weight is 310 g/mol. The van der Waals surface area contributed by atoms with Crippen LogP contribution in [0.4, 0.5) is 10.2 Å². The fourth-order valence-corrected chi connectivity index (χ4v) is 2.18. The first-order valence-electron chi connectivity index (χ1n) is 6.61. The van der Waals surface area contributed by atoms with E-state index in [-0.39, 0.29) is 22.8 Å². The van der Waals surface area contributed by atoms with Crippen molar-refractivity contribution in [1.82, 2.24) is 19.6 Å². The zero-order chi connectivity index (χ0) is 16.6. The second kappa shape index (κ2) is 5.38. The number of anilines is 1. The maximum atomic E-state index is 13.0. The number of rotatable bonds is 2. The Kier molecular flexibility index (Phi) is 3.38. The van der Waals surface area contributed by atoms with Gasteiger partial charge in [-0.3, -0.25) is 4.79 Å². The lowest BCUT2D eigenvalue weighted by Gasteiger charge is -2.06. The zero-order valence-electron chi connectivity index (χ0n) is 12.1. The van der Waals surface area contributed by atoms with Crippen molar-refractivity contribution in [2.45, 2.75) is 6.92 Å². The van der Waals surface area contributed by atoms with Crippen molar-refractivity contribution in [3.8, 4) is 11.8 Å². The largest absolute Gasteiger partial charge is 0.382 e. The van der Waals surface area contributed by atoms with Crippen molar-refractivity contribution in [3.63, 3.8) is 0 Å². The summed E-state index contributed by atoms with van der Waals surface area (Å²) in [6.45, 7) is 1.70. The van der Waals surface area contributed by atoms with E-state index in [0.29, 0.717) is 11.4 Å². The van der Waals surface area contributed by atoms with Crippen LogP contribution in [0.25, 0.3) is 5.69 Å². The second-order valence-electron chi connectivity index (χ2n) is 4.80. The van der Waals surface area contributed by atoms with E-state index in [4.69, 9.17) is 11.0 Å². The Morgan fingerprint density at radius 3 is 2.57 bits per heavy atom. The van der Waals surface area contributed by atoms with Gasteiger partial charge in [0.1, 0.15) is 23.3 Å². The topological polar surface area (TPSA) is 103 Å². The van der Waals surface area contributed by atoms with Crippen molar-refractivity contribution >= 4 is 11.7 Å². The van der Waals surface area contributed by atoms with E-state index in [9.17, 15) is 9.18 Å². The number of nitriles is 1. The lowest BCUT2D eigenvalue weighted by Crippen LogP contribution is -2.17. The highest BCUT2D eigenvalue weighted by Crippen LogP contribution is 2.18. The third-order valence-electron chi connectivity index (χ3n) is 3.43. The van der Waals surface area contributed by atoms with Gasteiger partial charge in [-0.25, -0.2) is 9.07 Å². The molecule has 114 valence electrons. The van der Waals surface area contributed by atoms with Crippen LogP contribution in [0.1, 0.15) is 21.6 Å². The smallest absolute Gasteiger partial charge is 0.283 e. The Morgan fingerprint density at radius 1 is 1.26 bits per heavy atom. The van der Waals surface area contributed by atoms with Crippen LogP contribution in [-0.4, -0.2) is 25.5 Å². The molecule has 0 atom stereocenters. The summed E-state index contributed by atoms with van der Waals surface area (Å²) in [5.41, 5.74) is 7.31. The van der Waals surface area contributed by atoms with E-state index in [2.05, 4.69) is 10.2 Å². The van der Waals surface area contributed by atoms with Gasteiger partial charge in [0.25, 0.3) is 5.91 Å². The second-order valence-corrected chi connectivity index (χ2v) is 4.80. The number of carbonyl (C=O) groups excluding carboxylic acids is 1. The van der Waals surface area contributed by atoms with E-state index < -0.39 is 5.91 Å². The molecule has 0 unspecified atom stereocenters. The Balaban J connectivity index is 2.02. The van der Waals surface area contributed by atoms with Gasteiger partial charge in [0.2, 0.25) is 0 Å². The molecule has 0 bridgehead atoms. The normalized spacial score (nSPS) is 10.5. The number of nitrogen functional groups attached to an aromatic ring is 1. The van der Waals surface area contributed by atoms with Gasteiger partial charge in [-0.05, 0) is 31.2 Å². The van der Waals surface area contributed by atoms with Crippen LogP contribution in [0, 0.1) is 24.1 Å². The van der Waals surface area contributed by atoms with Crippen molar-refractivity contribution < 1.29 is 9.18 Å². The third kappa shape index (κ3) is 2.34. The number of nitrogens with zero attached hydrogens (tertiary/aromatic N) is 5. The van der Waals surface area contributed by atoms with Gasteiger partial charge in [0.15, 0.2) is 0 Å². The number of carbonyl (C=O) groups is 1. The molecule has 0 aliphatic carbocycles. The first-order valence-corrected chi connectivity index (χ1v) is 6.61. The highest BCUT2D eigenvalue weighted by Gasteiger charge is 2.20. The van der Waals surface area contributed by atoms with Crippen LogP contribution < -0.4 is 5.73 Å². The molecule has 2 aromatic heterocycles. The predicted octanol–water partition coefficient (Wildman–Crippen LogP) is 1.66. The SMILES string of the molecule is Cc1c(C(=O)n2ncc(C#N)c2N)cnn1-c1ccc(F)cc1. The number of hydrogen-bond acceptors (Lipinski definition) is 5. The molecule has 2 heterocycles. The molecule has 8 heteroatoms. The minimum Gasteiger partial charge on any atom is -0.382 e. The molecule has 0 aliphatic heterocycles. The maximum absolute atomic E-state index is 13.0. The molecule has 0 aliphatic rings. The number of nitrogens with two attached hydrogens (primary N) is 1. The predicted molar refractivity (Wildman–Crippen MR) is 79.3 cm³/mol. The molecule has 0 spiro atoms. The first-order chi connectivity index (χ1) is 11.0. The van der Waals surface area contributed by atoms with Gasteiger partial charge in [0, 0.05) is 0 Å². The summed E-state index contributed by atoms with van der Waals surface area (Å²) in [6.07, 6.45) is 2.61. The van der Waals surface area contributed by atoms with E-state index in [1.165, 1.54) is 29.2 Å². The van der Waals surface area contributed by atoms with Gasteiger partial charge in [0.05, 0.1) is 29.3 Å². The molecule has 0 saturated carbocycles. The molecule has 7 nitrogen and oxygen atoms in total. The molecule has 2 N–H and O–H groups in total. The van der Waals surface area contributed by atoms with Gasteiger partial charge in [-0.15, -0.1) is 0 Å². The van der Waals surface area contributed by atoms with Crippen LogP contribution in [0.2, 0.25) is 0 Å². The Bertz CT molecular complexity index is 932. The van der Waals surface area contributed by atoms with Crippen LogP contribution in [-0.2, 0) is 0 Å². The van der Waals surface area contributed by atoms with Gasteiger partial charge in [-0.1, -0.05) is 0 Å². The molecule has 23 heavy (non-hydrogen) atoms. The summed E-state index contributed by atoms with van der Waals surface area (Å²) < 4.78 is 15.5.